The van der Waals surface area contributed by atoms with E-state index in [9.17, 15) is 27.6 Å². The zero-order chi connectivity index (χ0) is 30.1. The number of nitrogens with zero attached hydrogens (tertiary/aromatic N) is 1. The van der Waals surface area contributed by atoms with Gasteiger partial charge in [-0.1, -0.05) is 29.3 Å². The molecule has 1 aliphatic rings. The van der Waals surface area contributed by atoms with Crippen LogP contribution in [-0.4, -0.2) is 41.9 Å². The minimum Gasteiger partial charge on any atom is -0.382 e. The Morgan fingerprint density at radius 3 is 2.46 bits per heavy atom. The Bertz CT molecular complexity index is 1530. The number of nitrogens with two attached hydrogens (primary N) is 1. The molecular formula is C28H26Cl2F3N3O5. The molecule has 2 aromatic carbocycles. The highest BCUT2D eigenvalue weighted by atomic mass is 35.5. The third-order valence-corrected chi connectivity index (χ3v) is 7.66. The molecule has 1 aromatic heterocycles. The van der Waals surface area contributed by atoms with Crippen molar-refractivity contribution in [3.8, 4) is 11.1 Å². The van der Waals surface area contributed by atoms with Gasteiger partial charge >= 0.3 is 6.18 Å². The number of hydrogen-bond donors (Lipinski definition) is 2. The molecule has 0 unspecified atom stereocenters. The number of rotatable bonds is 7. The highest BCUT2D eigenvalue weighted by Crippen LogP contribution is 2.41. The van der Waals surface area contributed by atoms with Crippen molar-refractivity contribution >= 4 is 40.7 Å². The van der Waals surface area contributed by atoms with E-state index in [-0.39, 0.29) is 44.3 Å². The molecule has 0 saturated carbocycles. The summed E-state index contributed by atoms with van der Waals surface area (Å²) in [7, 11) is 1.44. The van der Waals surface area contributed by atoms with Crippen molar-refractivity contribution in [3.63, 3.8) is 0 Å². The summed E-state index contributed by atoms with van der Waals surface area (Å²) in [6.45, 7) is 1.19. The molecule has 218 valence electrons. The highest BCUT2D eigenvalue weighted by molar-refractivity contribution is 6.43. The molecule has 0 spiro atoms. The van der Waals surface area contributed by atoms with Crippen LogP contribution in [-0.2, 0) is 27.3 Å². The minimum absolute atomic E-state index is 0.00657. The lowest BCUT2D eigenvalue weighted by molar-refractivity contribution is -0.223. The van der Waals surface area contributed by atoms with Crippen LogP contribution in [0.5, 0.6) is 0 Å². The number of primary amides is 1. The van der Waals surface area contributed by atoms with E-state index in [2.05, 4.69) is 5.32 Å². The Hall–Kier alpha value is -3.38. The fraction of sp³-hybridized carbons (Fsp3) is 0.321. The van der Waals surface area contributed by atoms with E-state index < -0.39 is 54.8 Å². The van der Waals surface area contributed by atoms with Gasteiger partial charge in [-0.25, -0.2) is 0 Å². The monoisotopic (exact) mass is 611 g/mol. The summed E-state index contributed by atoms with van der Waals surface area (Å²) in [4.78, 5) is 38.3. The topological polar surface area (TPSA) is 113 Å². The van der Waals surface area contributed by atoms with E-state index in [4.69, 9.17) is 38.4 Å². The van der Waals surface area contributed by atoms with Gasteiger partial charge in [0, 0.05) is 54.6 Å². The van der Waals surface area contributed by atoms with Crippen molar-refractivity contribution in [2.45, 2.75) is 50.8 Å². The number of carbonyl (C=O) groups is 2. The second-order valence-corrected chi connectivity index (χ2v) is 10.4. The Morgan fingerprint density at radius 2 is 1.85 bits per heavy atom. The molecule has 41 heavy (non-hydrogen) atoms. The summed E-state index contributed by atoms with van der Waals surface area (Å²) in [5.41, 5.74) is 6.11. The summed E-state index contributed by atoms with van der Waals surface area (Å²) < 4.78 is 53.2. The smallest absolute Gasteiger partial charge is 0.382 e. The summed E-state index contributed by atoms with van der Waals surface area (Å²) in [6, 6.07) is 8.72. The second kappa shape index (κ2) is 12.2. The lowest BCUT2D eigenvalue weighted by Crippen LogP contribution is -2.37. The predicted octanol–water partition coefficient (Wildman–Crippen LogP) is 5.53. The SMILES string of the molecule is CO[C@@H](C)C[C@@H](C(=O)Nc1ccc(C(N)=O)cc1)n1cc2c(cc1=O)-c1c(ccc(Cl)c1Cl)C[C@@H](C(F)(F)F)OC2. The summed E-state index contributed by atoms with van der Waals surface area (Å²) in [5, 5.41) is 2.82. The number of nitrogens with one attached hydrogen (secondary N) is 1. The van der Waals surface area contributed by atoms with E-state index in [0.29, 0.717) is 5.69 Å². The number of benzene rings is 2. The van der Waals surface area contributed by atoms with Gasteiger partial charge in [-0.2, -0.15) is 13.2 Å². The maximum absolute atomic E-state index is 13.8. The van der Waals surface area contributed by atoms with E-state index >= 15 is 0 Å². The third-order valence-electron chi connectivity index (χ3n) is 6.86. The zero-order valence-electron chi connectivity index (χ0n) is 21.9. The molecule has 4 rings (SSSR count). The van der Waals surface area contributed by atoms with Crippen LogP contribution in [0.25, 0.3) is 11.1 Å². The van der Waals surface area contributed by atoms with Gasteiger partial charge in [-0.3, -0.25) is 14.4 Å². The van der Waals surface area contributed by atoms with E-state index in [0.717, 1.165) is 4.57 Å². The number of carbonyl (C=O) groups excluding carboxylic acids is 2. The number of amides is 2. The number of hydrogen-bond acceptors (Lipinski definition) is 5. The van der Waals surface area contributed by atoms with E-state index in [1.54, 1.807) is 6.92 Å². The lowest BCUT2D eigenvalue weighted by Gasteiger charge is -2.28. The van der Waals surface area contributed by atoms with Gasteiger partial charge in [-0.15, -0.1) is 0 Å². The largest absolute Gasteiger partial charge is 0.414 e. The standard InChI is InChI=1S/C28H26Cl2F3N3O5/c1-14(40-2)9-21(27(39)35-18-6-3-15(4-7-18)26(34)38)36-12-17-13-41-22(28(31,32)33)10-16-5-8-20(29)25(30)24(16)19(17)11-23(36)37/h3-8,11-12,14,21-22H,9-10,13H2,1-2H3,(H2,34,38)(H,35,39)/t14-,21-,22-/m0/s1. The Kier molecular flexibility index (Phi) is 9.13. The van der Waals surface area contributed by atoms with Gasteiger partial charge < -0.3 is 25.1 Å². The van der Waals surface area contributed by atoms with Crippen molar-refractivity contribution < 1.29 is 32.2 Å². The van der Waals surface area contributed by atoms with Crippen molar-refractivity contribution in [2.75, 3.05) is 12.4 Å². The van der Waals surface area contributed by atoms with Crippen LogP contribution in [0.4, 0.5) is 18.9 Å². The molecule has 0 bridgehead atoms. The number of pyridine rings is 1. The predicted molar refractivity (Wildman–Crippen MR) is 148 cm³/mol. The second-order valence-electron chi connectivity index (χ2n) is 9.63. The van der Waals surface area contributed by atoms with Crippen molar-refractivity contribution in [3.05, 3.63) is 85.8 Å². The molecule has 3 N–H and O–H groups in total. The van der Waals surface area contributed by atoms with Crippen LogP contribution >= 0.6 is 23.2 Å². The van der Waals surface area contributed by atoms with Crippen LogP contribution in [0.2, 0.25) is 10.0 Å². The fourth-order valence-corrected chi connectivity index (χ4v) is 5.04. The number of ether oxygens (including phenoxy) is 2. The van der Waals surface area contributed by atoms with Gasteiger partial charge in [0.2, 0.25) is 11.8 Å². The van der Waals surface area contributed by atoms with E-state index in [1.165, 1.54) is 55.8 Å². The number of methoxy groups -OCH3 is 1. The van der Waals surface area contributed by atoms with Crippen LogP contribution in [0.1, 0.15) is 40.9 Å². The van der Waals surface area contributed by atoms with Crippen LogP contribution in [0, 0.1) is 0 Å². The summed E-state index contributed by atoms with van der Waals surface area (Å²) >= 11 is 12.7. The third kappa shape index (κ3) is 6.75. The number of aromatic nitrogens is 1. The number of anilines is 1. The van der Waals surface area contributed by atoms with Crippen LogP contribution < -0.4 is 16.6 Å². The van der Waals surface area contributed by atoms with Crippen LogP contribution in [0.15, 0.2) is 53.5 Å². The average molecular weight is 612 g/mol. The summed E-state index contributed by atoms with van der Waals surface area (Å²) in [5.74, 6) is -1.23. The number of alkyl halides is 3. The first-order chi connectivity index (χ1) is 19.3. The quantitative estimate of drug-likeness (QED) is 0.365. The van der Waals surface area contributed by atoms with Crippen molar-refractivity contribution in [1.29, 1.82) is 0 Å². The molecule has 3 aromatic rings. The molecule has 0 radical (unpaired) electrons. The maximum Gasteiger partial charge on any atom is 0.414 e. The molecule has 8 nitrogen and oxygen atoms in total. The molecule has 0 saturated heterocycles. The molecule has 0 fully saturated rings. The Morgan fingerprint density at radius 1 is 1.17 bits per heavy atom. The first-order valence-electron chi connectivity index (χ1n) is 12.4. The number of halogens is 5. The van der Waals surface area contributed by atoms with Crippen molar-refractivity contribution in [1.82, 2.24) is 4.57 Å². The van der Waals surface area contributed by atoms with Gasteiger partial charge in [0.15, 0.2) is 6.10 Å². The van der Waals surface area contributed by atoms with Gasteiger partial charge in [0.25, 0.3) is 5.56 Å². The molecule has 3 atom stereocenters. The summed E-state index contributed by atoms with van der Waals surface area (Å²) in [6.07, 6.45) is -6.45. The minimum atomic E-state index is -4.67. The van der Waals surface area contributed by atoms with Gasteiger partial charge in [0.05, 0.1) is 22.8 Å². The van der Waals surface area contributed by atoms with E-state index in [1.807, 2.05) is 0 Å². The maximum atomic E-state index is 13.8. The normalized spacial score (nSPS) is 16.5. The zero-order valence-corrected chi connectivity index (χ0v) is 23.4. The van der Waals surface area contributed by atoms with Gasteiger partial charge in [0.1, 0.15) is 6.04 Å². The molecule has 1 aliphatic heterocycles. The average Bonchev–Trinajstić information content (AvgIpc) is 2.90. The Labute approximate surface area is 243 Å². The fourth-order valence-electron chi connectivity index (χ4n) is 4.60. The number of fused-ring (bicyclic) bond motifs is 3. The molecule has 13 heteroatoms. The first kappa shape index (κ1) is 30.6. The molecule has 0 aliphatic carbocycles. The van der Waals surface area contributed by atoms with Gasteiger partial charge in [-0.05, 0) is 48.4 Å². The first-order valence-corrected chi connectivity index (χ1v) is 13.2. The molecular weight excluding hydrogens is 586 g/mol. The Balaban J connectivity index is 1.81. The molecule has 2 heterocycles. The lowest BCUT2D eigenvalue weighted by atomic mass is 9.92. The molecule has 2 amide bonds. The van der Waals surface area contributed by atoms with Crippen molar-refractivity contribution in [2.24, 2.45) is 5.73 Å². The highest BCUT2D eigenvalue weighted by Gasteiger charge is 2.42. The van der Waals surface area contributed by atoms with Crippen LogP contribution in [0.3, 0.4) is 0 Å².